The molecule has 1 heterocycles. The van der Waals surface area contributed by atoms with E-state index in [1.54, 1.807) is 25.1 Å². The number of carboxylic acids is 1. The van der Waals surface area contributed by atoms with Crippen LogP contribution >= 0.6 is 0 Å². The summed E-state index contributed by atoms with van der Waals surface area (Å²) in [5.74, 6) is -1.49. The van der Waals surface area contributed by atoms with Gasteiger partial charge in [-0.3, -0.25) is 0 Å². The molecule has 24 heavy (non-hydrogen) atoms. The summed E-state index contributed by atoms with van der Waals surface area (Å²) < 4.78 is 10.7. The molecule has 1 aliphatic heterocycles. The number of ether oxygens (including phenoxy) is 2. The Morgan fingerprint density at radius 3 is 2.42 bits per heavy atom. The monoisotopic (exact) mass is 324 g/mol. The van der Waals surface area contributed by atoms with E-state index in [0.29, 0.717) is 16.9 Å². The minimum atomic E-state index is -1.41. The standard InChI is InChI=1S/C19H16O5/c1-2-23-19(22)16-15(12-8-4-3-5-9-12)13-10-6-7-11-14(13)24-17(16)18(20)21/h3-11,17H,2H2,1H3,(H,20,21). The van der Waals surface area contributed by atoms with Gasteiger partial charge in [0, 0.05) is 11.1 Å². The maximum Gasteiger partial charge on any atom is 0.349 e. The zero-order chi connectivity index (χ0) is 17.1. The Bertz CT molecular complexity index is 808. The van der Waals surface area contributed by atoms with Gasteiger partial charge in [0.05, 0.1) is 12.2 Å². The minimum Gasteiger partial charge on any atom is -0.478 e. The zero-order valence-electron chi connectivity index (χ0n) is 13.1. The lowest BCUT2D eigenvalue weighted by Gasteiger charge is -2.28. The quantitative estimate of drug-likeness (QED) is 0.876. The van der Waals surface area contributed by atoms with Crippen LogP contribution in [-0.2, 0) is 14.3 Å². The van der Waals surface area contributed by atoms with Crippen molar-refractivity contribution in [1.82, 2.24) is 0 Å². The summed E-state index contributed by atoms with van der Waals surface area (Å²) in [5, 5.41) is 9.55. The minimum absolute atomic E-state index is 0.00856. The van der Waals surface area contributed by atoms with E-state index in [1.807, 2.05) is 36.4 Å². The molecule has 1 unspecified atom stereocenters. The third-order valence-electron chi connectivity index (χ3n) is 3.71. The number of hydrogen-bond donors (Lipinski definition) is 1. The van der Waals surface area contributed by atoms with Crippen molar-refractivity contribution in [3.63, 3.8) is 0 Å². The van der Waals surface area contributed by atoms with Crippen molar-refractivity contribution in [3.8, 4) is 5.75 Å². The highest BCUT2D eigenvalue weighted by Crippen LogP contribution is 2.40. The fourth-order valence-electron chi connectivity index (χ4n) is 2.75. The molecule has 0 bridgehead atoms. The van der Waals surface area contributed by atoms with Crippen LogP contribution in [0.3, 0.4) is 0 Å². The van der Waals surface area contributed by atoms with E-state index < -0.39 is 18.0 Å². The molecule has 0 aliphatic carbocycles. The van der Waals surface area contributed by atoms with Crippen molar-refractivity contribution < 1.29 is 24.2 Å². The molecule has 1 N–H and O–H groups in total. The topological polar surface area (TPSA) is 72.8 Å². The number of benzene rings is 2. The van der Waals surface area contributed by atoms with Crippen molar-refractivity contribution in [2.45, 2.75) is 13.0 Å². The van der Waals surface area contributed by atoms with Gasteiger partial charge in [0.15, 0.2) is 0 Å². The average Bonchev–Trinajstić information content (AvgIpc) is 2.60. The van der Waals surface area contributed by atoms with Crippen molar-refractivity contribution >= 4 is 17.5 Å². The van der Waals surface area contributed by atoms with E-state index in [9.17, 15) is 14.7 Å². The maximum atomic E-state index is 12.5. The van der Waals surface area contributed by atoms with Crippen LogP contribution in [0.4, 0.5) is 0 Å². The summed E-state index contributed by atoms with van der Waals surface area (Å²) >= 11 is 0. The predicted octanol–water partition coefficient (Wildman–Crippen LogP) is 2.90. The van der Waals surface area contributed by atoms with Gasteiger partial charge in [-0.2, -0.15) is 0 Å². The fraction of sp³-hybridized carbons (Fsp3) is 0.158. The number of fused-ring (bicyclic) bond motifs is 1. The van der Waals surface area contributed by atoms with E-state index in [2.05, 4.69) is 0 Å². The molecule has 0 saturated carbocycles. The molecule has 2 aromatic rings. The fourth-order valence-corrected chi connectivity index (χ4v) is 2.75. The van der Waals surface area contributed by atoms with E-state index in [4.69, 9.17) is 9.47 Å². The summed E-state index contributed by atoms with van der Waals surface area (Å²) in [5.41, 5.74) is 1.95. The number of esters is 1. The lowest BCUT2D eigenvalue weighted by atomic mass is 9.88. The van der Waals surface area contributed by atoms with E-state index >= 15 is 0 Å². The first-order valence-corrected chi connectivity index (χ1v) is 7.59. The lowest BCUT2D eigenvalue weighted by Crippen LogP contribution is -2.37. The number of carbonyl (C=O) groups excluding carboxylic acids is 1. The Morgan fingerprint density at radius 1 is 1.08 bits per heavy atom. The third kappa shape index (κ3) is 2.76. The highest BCUT2D eigenvalue weighted by atomic mass is 16.5. The van der Waals surface area contributed by atoms with Gasteiger partial charge >= 0.3 is 11.9 Å². The summed E-state index contributed by atoms with van der Waals surface area (Å²) in [4.78, 5) is 24.2. The second-order valence-electron chi connectivity index (χ2n) is 5.21. The van der Waals surface area contributed by atoms with Gasteiger partial charge < -0.3 is 14.6 Å². The van der Waals surface area contributed by atoms with Crippen LogP contribution in [0.25, 0.3) is 5.57 Å². The van der Waals surface area contributed by atoms with Crippen LogP contribution < -0.4 is 4.74 Å². The summed E-state index contributed by atoms with van der Waals surface area (Å²) in [7, 11) is 0. The number of carboxylic acid groups (broad SMARTS) is 1. The van der Waals surface area contributed by atoms with E-state index in [1.165, 1.54) is 0 Å². The third-order valence-corrected chi connectivity index (χ3v) is 3.71. The van der Waals surface area contributed by atoms with Crippen molar-refractivity contribution in [1.29, 1.82) is 0 Å². The van der Waals surface area contributed by atoms with Crippen LogP contribution in [0.2, 0.25) is 0 Å². The van der Waals surface area contributed by atoms with Crippen molar-refractivity contribution in [2.24, 2.45) is 0 Å². The highest BCUT2D eigenvalue weighted by Gasteiger charge is 2.38. The summed E-state index contributed by atoms with van der Waals surface area (Å²) in [6, 6.07) is 16.2. The molecule has 5 nitrogen and oxygen atoms in total. The number of aliphatic carboxylic acids is 1. The lowest BCUT2D eigenvalue weighted by molar-refractivity contribution is -0.148. The van der Waals surface area contributed by atoms with Crippen LogP contribution in [0.15, 0.2) is 60.2 Å². The van der Waals surface area contributed by atoms with Crippen LogP contribution in [0, 0.1) is 0 Å². The Morgan fingerprint density at radius 2 is 1.75 bits per heavy atom. The Hall–Kier alpha value is -3.08. The van der Waals surface area contributed by atoms with Gasteiger partial charge in [-0.25, -0.2) is 9.59 Å². The summed E-state index contributed by atoms with van der Waals surface area (Å²) in [6.07, 6.45) is -1.41. The van der Waals surface area contributed by atoms with Gasteiger partial charge in [-0.15, -0.1) is 0 Å². The Balaban J connectivity index is 2.31. The van der Waals surface area contributed by atoms with Gasteiger partial charge in [0.1, 0.15) is 5.75 Å². The number of rotatable bonds is 4. The Kier molecular flexibility index (Phi) is 4.33. The molecule has 0 spiro atoms. The number of carbonyl (C=O) groups is 2. The van der Waals surface area contributed by atoms with Crippen LogP contribution in [-0.4, -0.2) is 29.8 Å². The first kappa shape index (κ1) is 15.8. The maximum absolute atomic E-state index is 12.5. The smallest absolute Gasteiger partial charge is 0.349 e. The highest BCUT2D eigenvalue weighted by molar-refractivity contribution is 6.08. The number of hydrogen-bond acceptors (Lipinski definition) is 4. The normalized spacial score (nSPS) is 16.1. The molecule has 1 atom stereocenters. The van der Waals surface area contributed by atoms with Crippen molar-refractivity contribution in [3.05, 3.63) is 71.3 Å². The van der Waals surface area contributed by atoms with E-state index in [0.717, 1.165) is 5.56 Å². The van der Waals surface area contributed by atoms with Crippen molar-refractivity contribution in [2.75, 3.05) is 6.61 Å². The van der Waals surface area contributed by atoms with Gasteiger partial charge in [0.25, 0.3) is 0 Å². The average molecular weight is 324 g/mol. The molecule has 1 aliphatic rings. The second kappa shape index (κ2) is 6.58. The molecule has 0 amide bonds. The van der Waals surface area contributed by atoms with Gasteiger partial charge in [-0.1, -0.05) is 48.5 Å². The first-order valence-electron chi connectivity index (χ1n) is 7.59. The molecule has 2 aromatic carbocycles. The SMILES string of the molecule is CCOC(=O)C1=C(c2ccccc2)c2ccccc2OC1C(=O)O. The molecule has 0 fully saturated rings. The largest absolute Gasteiger partial charge is 0.478 e. The van der Waals surface area contributed by atoms with Gasteiger partial charge in [-0.05, 0) is 18.6 Å². The molecule has 3 rings (SSSR count). The molecule has 5 heteroatoms. The van der Waals surface area contributed by atoms with Gasteiger partial charge in [0.2, 0.25) is 6.10 Å². The first-order chi connectivity index (χ1) is 11.6. The molecule has 0 aromatic heterocycles. The molecule has 0 radical (unpaired) electrons. The molecule has 0 saturated heterocycles. The summed E-state index contributed by atoms with van der Waals surface area (Å²) in [6.45, 7) is 1.83. The second-order valence-corrected chi connectivity index (χ2v) is 5.21. The molecule has 122 valence electrons. The van der Waals surface area contributed by atoms with Crippen LogP contribution in [0.1, 0.15) is 18.1 Å². The molecular weight excluding hydrogens is 308 g/mol. The van der Waals surface area contributed by atoms with E-state index in [-0.39, 0.29) is 12.2 Å². The zero-order valence-corrected chi connectivity index (χ0v) is 13.1. The predicted molar refractivity (Wildman–Crippen MR) is 87.6 cm³/mol. The number of para-hydroxylation sites is 1. The Labute approximate surface area is 139 Å². The van der Waals surface area contributed by atoms with Crippen LogP contribution in [0.5, 0.6) is 5.75 Å². The molecular formula is C19H16O5.